The summed E-state index contributed by atoms with van der Waals surface area (Å²) in [6.07, 6.45) is 2.45. The maximum absolute atomic E-state index is 14.2. The number of aliphatic hydroxyl groups excluding tert-OH is 1. The smallest absolute Gasteiger partial charge is 0.410 e. The quantitative estimate of drug-likeness (QED) is 0.479. The van der Waals surface area contributed by atoms with Crippen LogP contribution in [0, 0.1) is 29.2 Å². The topological polar surface area (TPSA) is 91.3 Å². The van der Waals surface area contributed by atoms with Crippen LogP contribution in [0.15, 0.2) is 24.3 Å². The van der Waals surface area contributed by atoms with Gasteiger partial charge in [0.05, 0.1) is 18.8 Å². The lowest BCUT2D eigenvalue weighted by molar-refractivity contribution is 0.0699. The zero-order valence-electron chi connectivity index (χ0n) is 19.9. The van der Waals surface area contributed by atoms with E-state index in [4.69, 9.17) is 19.7 Å². The highest BCUT2D eigenvalue weighted by Crippen LogP contribution is 2.30. The average Bonchev–Trinajstić information content (AvgIpc) is 3.67. The first-order valence-corrected chi connectivity index (χ1v) is 11.8. The standard InChI is InChI=1S/C18H24F2N2O3.C7H6F2O2/c1-2-13-9-21-5-6-22(13)18(23)25-11-15-16(19)7-14(8-17(15)20)24-10-12-3-4-12;8-6-1-4(11)2-7(9)5(6)3-10/h7-8,12-13,21H,2-6,9-11H2,1H3;1-2,10-11H,3H2/t13-;/m1./s1. The highest BCUT2D eigenvalue weighted by molar-refractivity contribution is 5.68. The van der Waals surface area contributed by atoms with Gasteiger partial charge in [0.2, 0.25) is 0 Å². The fourth-order valence-electron chi connectivity index (χ4n) is 3.62. The number of halogens is 4. The SMILES string of the molecule is CC[C@@H]1CNCCN1C(=O)OCc1c(F)cc(OCC2CC2)cc1F.OCc1c(F)cc(O)cc1F. The number of hydrogen-bond donors (Lipinski definition) is 3. The number of carbonyl (C=O) groups is 1. The third-order valence-electron chi connectivity index (χ3n) is 5.98. The summed E-state index contributed by atoms with van der Waals surface area (Å²) in [5.41, 5.74) is -0.682. The Morgan fingerprint density at radius 3 is 2.22 bits per heavy atom. The lowest BCUT2D eigenvalue weighted by Crippen LogP contribution is -2.53. The van der Waals surface area contributed by atoms with E-state index in [1.54, 1.807) is 4.90 Å². The molecule has 1 saturated carbocycles. The summed E-state index contributed by atoms with van der Waals surface area (Å²) < 4.78 is 63.9. The van der Waals surface area contributed by atoms with Crippen molar-refractivity contribution in [3.05, 3.63) is 58.7 Å². The molecule has 7 nitrogen and oxygen atoms in total. The number of ether oxygens (including phenoxy) is 2. The second-order valence-electron chi connectivity index (χ2n) is 8.68. The molecule has 1 heterocycles. The molecule has 0 aromatic heterocycles. The highest BCUT2D eigenvalue weighted by atomic mass is 19.1. The number of aliphatic hydroxyl groups is 1. The van der Waals surface area contributed by atoms with Gasteiger partial charge in [0.25, 0.3) is 0 Å². The Hall–Kier alpha value is -3.05. The van der Waals surface area contributed by atoms with Crippen molar-refractivity contribution in [3.8, 4) is 11.5 Å². The molecule has 2 fully saturated rings. The second kappa shape index (κ2) is 12.8. The minimum absolute atomic E-state index is 0.0362. The molecule has 2 aliphatic rings. The van der Waals surface area contributed by atoms with Crippen molar-refractivity contribution in [2.45, 2.75) is 45.4 Å². The van der Waals surface area contributed by atoms with E-state index < -0.39 is 53.9 Å². The van der Waals surface area contributed by atoms with E-state index in [0.29, 0.717) is 32.2 Å². The minimum Gasteiger partial charge on any atom is -0.508 e. The summed E-state index contributed by atoms with van der Waals surface area (Å²) in [7, 11) is 0. The lowest BCUT2D eigenvalue weighted by Gasteiger charge is -2.34. The summed E-state index contributed by atoms with van der Waals surface area (Å²) in [5.74, 6) is -3.22. The fraction of sp³-hybridized carbons (Fsp3) is 0.480. The molecule has 3 N–H and O–H groups in total. The highest BCUT2D eigenvalue weighted by Gasteiger charge is 2.27. The monoisotopic (exact) mass is 514 g/mol. The molecule has 2 aromatic carbocycles. The van der Waals surface area contributed by atoms with Gasteiger partial charge in [-0.3, -0.25) is 0 Å². The van der Waals surface area contributed by atoms with Crippen LogP contribution in [0.2, 0.25) is 0 Å². The second-order valence-corrected chi connectivity index (χ2v) is 8.68. The van der Waals surface area contributed by atoms with E-state index in [1.807, 2.05) is 6.92 Å². The van der Waals surface area contributed by atoms with Crippen LogP contribution in [-0.4, -0.2) is 53.5 Å². The van der Waals surface area contributed by atoms with Gasteiger partial charge in [0.1, 0.15) is 41.4 Å². The Bertz CT molecular complexity index is 1010. The Morgan fingerprint density at radius 1 is 1.06 bits per heavy atom. The van der Waals surface area contributed by atoms with Gasteiger partial charge in [-0.2, -0.15) is 0 Å². The first-order valence-electron chi connectivity index (χ1n) is 11.8. The van der Waals surface area contributed by atoms with Crippen LogP contribution in [0.25, 0.3) is 0 Å². The van der Waals surface area contributed by atoms with Crippen molar-refractivity contribution < 1.29 is 42.0 Å². The van der Waals surface area contributed by atoms with E-state index in [2.05, 4.69) is 5.32 Å². The molecule has 1 amide bonds. The predicted octanol–water partition coefficient (Wildman–Crippen LogP) is 4.24. The van der Waals surface area contributed by atoms with Crippen LogP contribution in [-0.2, 0) is 18.0 Å². The van der Waals surface area contributed by atoms with Gasteiger partial charge in [-0.1, -0.05) is 6.92 Å². The molecule has 1 atom stereocenters. The molecule has 1 aliphatic carbocycles. The largest absolute Gasteiger partial charge is 0.508 e. The first-order chi connectivity index (χ1) is 17.2. The number of hydrogen-bond acceptors (Lipinski definition) is 6. The van der Waals surface area contributed by atoms with Gasteiger partial charge in [0, 0.05) is 55.5 Å². The summed E-state index contributed by atoms with van der Waals surface area (Å²) in [6, 6.07) is 3.82. The molecule has 0 radical (unpaired) electrons. The molecule has 4 rings (SSSR count). The molecule has 198 valence electrons. The summed E-state index contributed by atoms with van der Waals surface area (Å²) in [4.78, 5) is 13.8. The van der Waals surface area contributed by atoms with Crippen LogP contribution in [0.5, 0.6) is 11.5 Å². The number of carbonyl (C=O) groups excluding carboxylic acids is 1. The first kappa shape index (κ1) is 27.5. The Kier molecular flexibility index (Phi) is 9.77. The van der Waals surface area contributed by atoms with Crippen molar-refractivity contribution in [1.82, 2.24) is 10.2 Å². The summed E-state index contributed by atoms with van der Waals surface area (Å²) >= 11 is 0. The third kappa shape index (κ3) is 7.47. The molecule has 0 bridgehead atoms. The molecular weight excluding hydrogens is 484 g/mol. The minimum atomic E-state index is -0.940. The number of aromatic hydroxyl groups is 1. The van der Waals surface area contributed by atoms with Crippen molar-refractivity contribution in [1.29, 1.82) is 0 Å². The van der Waals surface area contributed by atoms with Gasteiger partial charge in [-0.05, 0) is 25.2 Å². The average molecular weight is 515 g/mol. The molecule has 2 aromatic rings. The zero-order valence-corrected chi connectivity index (χ0v) is 19.9. The predicted molar refractivity (Wildman–Crippen MR) is 122 cm³/mol. The van der Waals surface area contributed by atoms with Crippen molar-refractivity contribution in [2.75, 3.05) is 26.2 Å². The van der Waals surface area contributed by atoms with E-state index in [9.17, 15) is 22.4 Å². The Morgan fingerprint density at radius 2 is 1.67 bits per heavy atom. The molecule has 1 aliphatic heterocycles. The number of rotatable bonds is 7. The van der Waals surface area contributed by atoms with E-state index in [-0.39, 0.29) is 17.4 Å². The maximum Gasteiger partial charge on any atom is 0.410 e. The lowest BCUT2D eigenvalue weighted by atomic mass is 10.1. The van der Waals surface area contributed by atoms with Gasteiger partial charge in [-0.25, -0.2) is 22.4 Å². The van der Waals surface area contributed by atoms with Crippen LogP contribution >= 0.6 is 0 Å². The molecule has 0 spiro atoms. The van der Waals surface area contributed by atoms with E-state index in [0.717, 1.165) is 43.5 Å². The summed E-state index contributed by atoms with van der Waals surface area (Å²) in [5, 5.41) is 20.3. The van der Waals surface area contributed by atoms with Gasteiger partial charge >= 0.3 is 6.09 Å². The molecular formula is C25H30F4N2O5. The van der Waals surface area contributed by atoms with E-state index >= 15 is 0 Å². The number of nitrogens with zero attached hydrogens (tertiary/aromatic N) is 1. The number of amides is 1. The van der Waals surface area contributed by atoms with Crippen molar-refractivity contribution >= 4 is 6.09 Å². The number of phenols is 1. The van der Waals surface area contributed by atoms with Gasteiger partial charge in [0.15, 0.2) is 0 Å². The van der Waals surface area contributed by atoms with Crippen LogP contribution in [0.1, 0.15) is 37.3 Å². The fourth-order valence-corrected chi connectivity index (χ4v) is 3.62. The van der Waals surface area contributed by atoms with E-state index in [1.165, 1.54) is 0 Å². The van der Waals surface area contributed by atoms with Crippen molar-refractivity contribution in [2.24, 2.45) is 5.92 Å². The van der Waals surface area contributed by atoms with Crippen molar-refractivity contribution in [3.63, 3.8) is 0 Å². The van der Waals surface area contributed by atoms with Crippen LogP contribution in [0.3, 0.4) is 0 Å². The van der Waals surface area contributed by atoms with Gasteiger partial charge in [-0.15, -0.1) is 0 Å². The number of piperazine rings is 1. The molecule has 0 unspecified atom stereocenters. The third-order valence-corrected chi connectivity index (χ3v) is 5.98. The van der Waals surface area contributed by atoms with Crippen LogP contribution in [0.4, 0.5) is 22.4 Å². The number of nitrogens with one attached hydrogen (secondary N) is 1. The normalized spacial score (nSPS) is 17.3. The Balaban J connectivity index is 0.000000275. The number of benzene rings is 2. The molecule has 36 heavy (non-hydrogen) atoms. The maximum atomic E-state index is 14.2. The summed E-state index contributed by atoms with van der Waals surface area (Å²) in [6.45, 7) is 3.23. The van der Waals surface area contributed by atoms with Crippen LogP contribution < -0.4 is 10.1 Å². The van der Waals surface area contributed by atoms with Gasteiger partial charge < -0.3 is 29.9 Å². The zero-order chi connectivity index (χ0) is 26.2. The molecule has 11 heteroatoms. The molecule has 1 saturated heterocycles. The Labute approximate surface area is 206 Å². The number of phenolic OH excluding ortho intramolecular Hbond substituents is 1.